The minimum absolute atomic E-state index is 0.113. The zero-order valence-corrected chi connectivity index (χ0v) is 12.9. The maximum Gasteiger partial charge on any atom is 0.224 e. The van der Waals surface area contributed by atoms with Crippen LogP contribution in [0.25, 0.3) is 0 Å². The smallest absolute Gasteiger partial charge is 0.224 e. The van der Waals surface area contributed by atoms with Gasteiger partial charge in [0.25, 0.3) is 0 Å². The number of halogens is 1. The van der Waals surface area contributed by atoms with Crippen molar-refractivity contribution in [2.45, 2.75) is 37.6 Å². The molecule has 21 heavy (non-hydrogen) atoms. The Kier molecular flexibility index (Phi) is 3.05. The molecule has 2 N–H and O–H groups in total. The zero-order valence-electron chi connectivity index (χ0n) is 12.1. The van der Waals surface area contributed by atoms with Gasteiger partial charge in [-0.3, -0.25) is 4.79 Å². The highest BCUT2D eigenvalue weighted by Crippen LogP contribution is 2.59. The van der Waals surface area contributed by atoms with Crippen LogP contribution in [0.1, 0.15) is 37.7 Å². The van der Waals surface area contributed by atoms with E-state index in [9.17, 15) is 4.79 Å². The lowest BCUT2D eigenvalue weighted by Gasteiger charge is -2.24. The maximum atomic E-state index is 12.6. The van der Waals surface area contributed by atoms with E-state index >= 15 is 0 Å². The number of hydrogen-bond donors (Lipinski definition) is 2. The van der Waals surface area contributed by atoms with Gasteiger partial charge in [-0.15, -0.1) is 0 Å². The van der Waals surface area contributed by atoms with Crippen molar-refractivity contribution < 1.29 is 4.79 Å². The van der Waals surface area contributed by atoms with Gasteiger partial charge in [0.2, 0.25) is 5.91 Å². The van der Waals surface area contributed by atoms with E-state index in [2.05, 4.69) is 10.6 Å². The number of carbonyl (C=O) groups is 1. The van der Waals surface area contributed by atoms with E-state index in [1.165, 1.54) is 5.56 Å². The van der Waals surface area contributed by atoms with E-state index in [4.69, 9.17) is 11.6 Å². The Morgan fingerprint density at radius 1 is 1.14 bits per heavy atom. The molecule has 1 aromatic carbocycles. The Morgan fingerprint density at radius 3 is 2.43 bits per heavy atom. The zero-order chi connectivity index (χ0) is 14.5. The van der Waals surface area contributed by atoms with Crippen molar-refractivity contribution in [2.24, 2.45) is 11.3 Å². The Bertz CT molecular complexity index is 559. The molecule has 1 amide bonds. The molecule has 0 aromatic heterocycles. The van der Waals surface area contributed by atoms with Crippen LogP contribution in [-0.4, -0.2) is 19.0 Å². The number of carbonyl (C=O) groups excluding carboxylic acids is 1. The molecule has 1 aliphatic heterocycles. The number of piperidine rings is 1. The normalized spacial score (nSPS) is 28.1. The minimum atomic E-state index is -0.113. The first-order valence-corrected chi connectivity index (χ1v) is 8.30. The van der Waals surface area contributed by atoms with Gasteiger partial charge in [0, 0.05) is 10.9 Å². The Labute approximate surface area is 130 Å². The fraction of sp³-hybridized carbons (Fsp3) is 0.588. The van der Waals surface area contributed by atoms with Crippen molar-refractivity contribution in [3.05, 3.63) is 34.9 Å². The van der Waals surface area contributed by atoms with E-state index in [1.54, 1.807) is 0 Å². The summed E-state index contributed by atoms with van der Waals surface area (Å²) in [7, 11) is 0. The van der Waals surface area contributed by atoms with Crippen molar-refractivity contribution in [2.75, 3.05) is 13.1 Å². The van der Waals surface area contributed by atoms with Crippen LogP contribution in [0.5, 0.6) is 0 Å². The number of benzene rings is 1. The Hall–Kier alpha value is -1.06. The van der Waals surface area contributed by atoms with E-state index in [1.807, 2.05) is 24.3 Å². The monoisotopic (exact) mass is 304 g/mol. The average Bonchev–Trinajstić information content (AvgIpc) is 3.39. The fourth-order valence-electron chi connectivity index (χ4n) is 3.90. The predicted molar refractivity (Wildman–Crippen MR) is 83.2 cm³/mol. The quantitative estimate of drug-likeness (QED) is 0.901. The molecule has 1 atom stereocenters. The topological polar surface area (TPSA) is 41.1 Å². The lowest BCUT2D eigenvalue weighted by Crippen LogP contribution is -2.38. The van der Waals surface area contributed by atoms with Crippen molar-refractivity contribution >= 4 is 17.5 Å². The minimum Gasteiger partial charge on any atom is -0.346 e. The first-order chi connectivity index (χ1) is 10.1. The van der Waals surface area contributed by atoms with Gasteiger partial charge in [0.1, 0.15) is 0 Å². The molecule has 1 unspecified atom stereocenters. The van der Waals surface area contributed by atoms with E-state index < -0.39 is 0 Å². The van der Waals surface area contributed by atoms with E-state index in [0.717, 1.165) is 50.2 Å². The molecule has 112 valence electrons. The Balaban J connectivity index is 1.44. The second kappa shape index (κ2) is 4.72. The Morgan fingerprint density at radius 2 is 1.81 bits per heavy atom. The average molecular weight is 305 g/mol. The highest BCUT2D eigenvalue weighted by molar-refractivity contribution is 6.30. The largest absolute Gasteiger partial charge is 0.346 e. The molecule has 4 rings (SSSR count). The number of nitrogens with one attached hydrogen (secondary N) is 2. The van der Waals surface area contributed by atoms with Crippen LogP contribution in [0, 0.1) is 11.3 Å². The van der Waals surface area contributed by atoms with Gasteiger partial charge < -0.3 is 10.6 Å². The summed E-state index contributed by atoms with van der Waals surface area (Å²) in [5.74, 6) is 0.508. The fourth-order valence-corrected chi connectivity index (χ4v) is 4.02. The predicted octanol–water partition coefficient (Wildman–Crippen LogP) is 2.84. The third kappa shape index (κ3) is 2.36. The summed E-state index contributed by atoms with van der Waals surface area (Å²) in [5, 5.41) is 7.47. The van der Waals surface area contributed by atoms with E-state index in [-0.39, 0.29) is 17.4 Å². The molecule has 1 saturated heterocycles. The van der Waals surface area contributed by atoms with Crippen LogP contribution in [-0.2, 0) is 10.3 Å². The highest BCUT2D eigenvalue weighted by Gasteiger charge is 2.59. The van der Waals surface area contributed by atoms with Gasteiger partial charge in [-0.05, 0) is 68.3 Å². The van der Waals surface area contributed by atoms with Crippen molar-refractivity contribution in [1.82, 2.24) is 10.6 Å². The lowest BCUT2D eigenvalue weighted by atomic mass is 9.91. The summed E-state index contributed by atoms with van der Waals surface area (Å²) < 4.78 is 0. The lowest BCUT2D eigenvalue weighted by molar-refractivity contribution is -0.124. The van der Waals surface area contributed by atoms with E-state index in [0.29, 0.717) is 5.41 Å². The molecule has 2 aliphatic carbocycles. The molecule has 0 bridgehead atoms. The summed E-state index contributed by atoms with van der Waals surface area (Å²) >= 11 is 5.95. The third-order valence-electron chi connectivity index (χ3n) is 5.61. The second-order valence-corrected chi connectivity index (χ2v) is 7.38. The van der Waals surface area contributed by atoms with Gasteiger partial charge in [0.05, 0.1) is 5.54 Å². The first-order valence-electron chi connectivity index (χ1n) is 7.92. The standard InChI is InChI=1S/C17H21ClN2O/c18-13-3-1-12(2-4-13)17(5-6-17)20-15(21)14-11-16(14)7-9-19-10-8-16/h1-4,14,19H,5-11H2,(H,20,21). The summed E-state index contributed by atoms with van der Waals surface area (Å²) in [6.07, 6.45) is 5.47. The summed E-state index contributed by atoms with van der Waals surface area (Å²) in [5.41, 5.74) is 1.39. The molecule has 1 aromatic rings. The van der Waals surface area contributed by atoms with Gasteiger partial charge in [-0.25, -0.2) is 0 Å². The molecule has 1 heterocycles. The SMILES string of the molecule is O=C(NC1(c2ccc(Cl)cc2)CC1)C1CC12CCNCC2. The molecule has 3 aliphatic rings. The van der Waals surface area contributed by atoms with Crippen molar-refractivity contribution in [3.8, 4) is 0 Å². The molecule has 0 radical (unpaired) electrons. The third-order valence-corrected chi connectivity index (χ3v) is 5.87. The van der Waals surface area contributed by atoms with Crippen LogP contribution < -0.4 is 10.6 Å². The van der Waals surface area contributed by atoms with Crippen LogP contribution >= 0.6 is 11.6 Å². The summed E-state index contributed by atoms with van der Waals surface area (Å²) in [4.78, 5) is 12.6. The molecular formula is C17H21ClN2O. The second-order valence-electron chi connectivity index (χ2n) is 6.95. The molecule has 4 heteroatoms. The van der Waals surface area contributed by atoms with Crippen LogP contribution in [0.3, 0.4) is 0 Å². The van der Waals surface area contributed by atoms with Crippen LogP contribution in [0.15, 0.2) is 24.3 Å². The molecule has 3 nitrogen and oxygen atoms in total. The van der Waals surface area contributed by atoms with Gasteiger partial charge in [-0.2, -0.15) is 0 Å². The highest BCUT2D eigenvalue weighted by atomic mass is 35.5. The molecule has 3 fully saturated rings. The molecule has 2 saturated carbocycles. The van der Waals surface area contributed by atoms with Gasteiger partial charge in [-0.1, -0.05) is 23.7 Å². The van der Waals surface area contributed by atoms with Crippen LogP contribution in [0.4, 0.5) is 0 Å². The molecule has 1 spiro atoms. The number of rotatable bonds is 3. The maximum absolute atomic E-state index is 12.6. The summed E-state index contributed by atoms with van der Waals surface area (Å²) in [6.45, 7) is 2.12. The summed E-state index contributed by atoms with van der Waals surface area (Å²) in [6, 6.07) is 7.91. The van der Waals surface area contributed by atoms with Crippen LogP contribution in [0.2, 0.25) is 5.02 Å². The van der Waals surface area contributed by atoms with Gasteiger partial charge >= 0.3 is 0 Å². The number of amides is 1. The molecular weight excluding hydrogens is 284 g/mol. The van der Waals surface area contributed by atoms with Gasteiger partial charge in [0.15, 0.2) is 0 Å². The van der Waals surface area contributed by atoms with Crippen molar-refractivity contribution in [1.29, 1.82) is 0 Å². The van der Waals surface area contributed by atoms with Crippen molar-refractivity contribution in [3.63, 3.8) is 0 Å². The number of hydrogen-bond acceptors (Lipinski definition) is 2. The first kappa shape index (κ1) is 13.6.